The van der Waals surface area contributed by atoms with E-state index in [2.05, 4.69) is 34.9 Å². The number of rotatable bonds is 8. The highest BCUT2D eigenvalue weighted by atomic mass is 79.9. The first-order valence-corrected chi connectivity index (χ1v) is 14.8. The second-order valence-corrected chi connectivity index (χ2v) is 11.8. The number of hydrogen-bond donors (Lipinski definition) is 0. The summed E-state index contributed by atoms with van der Waals surface area (Å²) >= 11 is 16.2. The lowest BCUT2D eigenvalue weighted by molar-refractivity contribution is 0.304. The number of methoxy groups -OCH3 is 1. The molecule has 0 aliphatic rings. The van der Waals surface area contributed by atoms with Crippen molar-refractivity contribution in [2.24, 2.45) is 5.10 Å². The van der Waals surface area contributed by atoms with Gasteiger partial charge in [0.05, 0.1) is 33.7 Å². The number of benzene rings is 4. The van der Waals surface area contributed by atoms with Crippen molar-refractivity contribution in [3.05, 3.63) is 120 Å². The molecule has 0 aliphatic carbocycles. The van der Waals surface area contributed by atoms with Crippen LogP contribution in [0.2, 0.25) is 10.0 Å². The molecule has 0 bridgehead atoms. The molecule has 42 heavy (non-hydrogen) atoms. The molecular weight excluding hydrogens is 637 g/mol. The number of ether oxygens (including phenoxy) is 2. The number of fused-ring (bicyclic) bond motifs is 1. The van der Waals surface area contributed by atoms with Gasteiger partial charge in [-0.25, -0.2) is 4.98 Å². The van der Waals surface area contributed by atoms with E-state index < -0.39 is 0 Å². The molecule has 0 N–H and O–H groups in total. The van der Waals surface area contributed by atoms with Gasteiger partial charge in [-0.2, -0.15) is 9.78 Å². The van der Waals surface area contributed by atoms with Crippen molar-refractivity contribution in [2.45, 2.75) is 33.3 Å². The van der Waals surface area contributed by atoms with E-state index in [-0.39, 0.29) is 11.5 Å². The van der Waals surface area contributed by atoms with Crippen molar-refractivity contribution in [1.29, 1.82) is 0 Å². The van der Waals surface area contributed by atoms with Gasteiger partial charge < -0.3 is 9.47 Å². The van der Waals surface area contributed by atoms with Gasteiger partial charge in [0.2, 0.25) is 0 Å². The van der Waals surface area contributed by atoms with Crippen LogP contribution >= 0.6 is 39.1 Å². The van der Waals surface area contributed by atoms with Gasteiger partial charge in [-0.1, -0.05) is 61.3 Å². The predicted molar refractivity (Wildman–Crippen MR) is 175 cm³/mol. The van der Waals surface area contributed by atoms with Crippen molar-refractivity contribution in [3.63, 3.8) is 0 Å². The van der Waals surface area contributed by atoms with Crippen LogP contribution in [0.25, 0.3) is 22.3 Å². The first kappa shape index (κ1) is 29.8. The molecule has 0 spiro atoms. The summed E-state index contributed by atoms with van der Waals surface area (Å²) in [5.74, 6) is 1.93. The fourth-order valence-corrected chi connectivity index (χ4v) is 5.74. The summed E-state index contributed by atoms with van der Waals surface area (Å²) in [4.78, 5) is 18.6. The summed E-state index contributed by atoms with van der Waals surface area (Å²) in [6, 6.07) is 22.2. The quantitative estimate of drug-likeness (QED) is 0.155. The summed E-state index contributed by atoms with van der Waals surface area (Å²) in [6.45, 7) is 6.49. The molecule has 214 valence electrons. The summed E-state index contributed by atoms with van der Waals surface area (Å²) < 4.78 is 13.6. The Labute approximate surface area is 262 Å². The molecule has 4 aromatic carbocycles. The Morgan fingerprint density at radius 1 is 1.05 bits per heavy atom. The van der Waals surface area contributed by atoms with Gasteiger partial charge in [0.1, 0.15) is 12.4 Å². The Balaban J connectivity index is 1.56. The Morgan fingerprint density at radius 2 is 1.79 bits per heavy atom. The first-order valence-electron chi connectivity index (χ1n) is 13.3. The van der Waals surface area contributed by atoms with Gasteiger partial charge in [0.25, 0.3) is 5.56 Å². The van der Waals surface area contributed by atoms with Gasteiger partial charge in [-0.15, -0.1) is 0 Å². The zero-order valence-corrected chi connectivity index (χ0v) is 26.6. The molecule has 0 aliphatic heterocycles. The van der Waals surface area contributed by atoms with E-state index in [1.165, 1.54) is 4.68 Å². The number of aryl methyl sites for hydroxylation is 1. The van der Waals surface area contributed by atoms with E-state index in [9.17, 15) is 4.79 Å². The van der Waals surface area contributed by atoms with Crippen LogP contribution in [-0.4, -0.2) is 23.0 Å². The molecule has 5 rings (SSSR count). The largest absolute Gasteiger partial charge is 0.496 e. The summed E-state index contributed by atoms with van der Waals surface area (Å²) in [5.41, 5.74) is 4.67. The average molecular weight is 665 g/mol. The van der Waals surface area contributed by atoms with Crippen LogP contribution in [0.1, 0.15) is 42.0 Å². The van der Waals surface area contributed by atoms with Crippen molar-refractivity contribution in [1.82, 2.24) is 9.66 Å². The molecule has 1 heterocycles. The minimum absolute atomic E-state index is 0.198. The number of aromatic nitrogens is 2. The zero-order valence-electron chi connectivity index (χ0n) is 23.5. The van der Waals surface area contributed by atoms with E-state index >= 15 is 0 Å². The number of hydrogen-bond acceptors (Lipinski definition) is 5. The minimum atomic E-state index is -0.277. The third-order valence-electron chi connectivity index (χ3n) is 6.83. The second kappa shape index (κ2) is 12.7. The van der Waals surface area contributed by atoms with E-state index in [0.717, 1.165) is 28.0 Å². The molecular formula is C33H28BrCl2N3O3. The van der Waals surface area contributed by atoms with Crippen molar-refractivity contribution in [2.75, 3.05) is 7.11 Å². The van der Waals surface area contributed by atoms with Gasteiger partial charge in [-0.05, 0) is 99.6 Å². The van der Waals surface area contributed by atoms with Crippen LogP contribution in [0, 0.1) is 6.92 Å². The highest BCUT2D eigenvalue weighted by molar-refractivity contribution is 9.10. The van der Waals surface area contributed by atoms with E-state index in [1.54, 1.807) is 25.5 Å². The van der Waals surface area contributed by atoms with Gasteiger partial charge in [-0.3, -0.25) is 4.79 Å². The highest BCUT2D eigenvalue weighted by Gasteiger charge is 2.18. The molecule has 0 fully saturated rings. The van der Waals surface area contributed by atoms with Gasteiger partial charge in [0, 0.05) is 10.6 Å². The third-order valence-corrected chi connectivity index (χ3v) is 7.95. The molecule has 5 aromatic rings. The Hall–Kier alpha value is -3.65. The lowest BCUT2D eigenvalue weighted by Crippen LogP contribution is -2.20. The molecule has 0 atom stereocenters. The van der Waals surface area contributed by atoms with Crippen LogP contribution in [-0.2, 0) is 6.61 Å². The smallest absolute Gasteiger partial charge is 0.282 e. The highest BCUT2D eigenvalue weighted by Crippen LogP contribution is 2.36. The minimum Gasteiger partial charge on any atom is -0.496 e. The lowest BCUT2D eigenvalue weighted by Gasteiger charge is -2.17. The number of halogens is 3. The monoisotopic (exact) mass is 663 g/mol. The fourth-order valence-electron chi connectivity index (χ4n) is 4.62. The third kappa shape index (κ3) is 6.24. The first-order chi connectivity index (χ1) is 20.2. The van der Waals surface area contributed by atoms with Crippen molar-refractivity contribution < 1.29 is 9.47 Å². The molecule has 1 aromatic heterocycles. The van der Waals surface area contributed by atoms with Crippen LogP contribution in [0.15, 0.2) is 87.2 Å². The molecule has 0 radical (unpaired) electrons. The lowest BCUT2D eigenvalue weighted by atomic mass is 9.96. The van der Waals surface area contributed by atoms with Crippen LogP contribution < -0.4 is 15.0 Å². The Morgan fingerprint density at radius 3 is 2.48 bits per heavy atom. The Bertz CT molecular complexity index is 1850. The molecule has 0 unspecified atom stereocenters. The van der Waals surface area contributed by atoms with Gasteiger partial charge >= 0.3 is 0 Å². The standard InChI is InChI=1S/C33H28BrCl2N3O3/c1-19(2)25-16-26(20(3)13-30(25)41-4)32-38-29-8-6-5-7-24(29)33(40)39(32)37-17-22-14-27(34)31(28(36)15-22)42-18-21-9-11-23(35)12-10-21/h5-17,19H,18H2,1-4H3. The number of para-hydroxylation sites is 1. The molecule has 9 heteroatoms. The van der Waals surface area contributed by atoms with Crippen LogP contribution in [0.3, 0.4) is 0 Å². The fraction of sp³-hybridized carbons (Fsp3) is 0.182. The van der Waals surface area contributed by atoms with Crippen molar-refractivity contribution >= 4 is 56.2 Å². The van der Waals surface area contributed by atoms with Crippen molar-refractivity contribution in [3.8, 4) is 22.9 Å². The normalized spacial score (nSPS) is 11.5. The summed E-state index contributed by atoms with van der Waals surface area (Å²) in [5, 5.41) is 6.16. The molecule has 0 saturated heterocycles. The molecule has 0 saturated carbocycles. The maximum atomic E-state index is 13.7. The van der Waals surface area contributed by atoms with Gasteiger partial charge in [0.15, 0.2) is 11.6 Å². The second-order valence-electron chi connectivity index (χ2n) is 10.1. The summed E-state index contributed by atoms with van der Waals surface area (Å²) in [7, 11) is 1.66. The van der Waals surface area contributed by atoms with E-state index in [0.29, 0.717) is 49.2 Å². The zero-order chi connectivity index (χ0) is 30.0. The van der Waals surface area contributed by atoms with E-state index in [4.69, 9.17) is 37.7 Å². The Kier molecular flexibility index (Phi) is 9.02. The summed E-state index contributed by atoms with van der Waals surface area (Å²) in [6.07, 6.45) is 1.59. The van der Waals surface area contributed by atoms with Crippen LogP contribution in [0.5, 0.6) is 11.5 Å². The topological polar surface area (TPSA) is 65.7 Å². The van der Waals surface area contributed by atoms with E-state index in [1.807, 2.05) is 67.6 Å². The van der Waals surface area contributed by atoms with Crippen LogP contribution in [0.4, 0.5) is 0 Å². The average Bonchev–Trinajstić information content (AvgIpc) is 2.96. The predicted octanol–water partition coefficient (Wildman–Crippen LogP) is 9.03. The molecule has 6 nitrogen and oxygen atoms in total. The molecule has 0 amide bonds. The maximum absolute atomic E-state index is 13.7. The maximum Gasteiger partial charge on any atom is 0.282 e. The SMILES string of the molecule is COc1cc(C)c(-c2nc3ccccc3c(=O)n2N=Cc2cc(Cl)c(OCc3ccc(Cl)cc3)c(Br)c2)cc1C(C)C. The number of nitrogens with zero attached hydrogens (tertiary/aromatic N) is 3.